The number of carbonyl (C=O) groups is 1. The van der Waals surface area contributed by atoms with Crippen LogP contribution in [0.4, 0.5) is 0 Å². The Morgan fingerprint density at radius 3 is 2.88 bits per heavy atom. The van der Waals surface area contributed by atoms with Gasteiger partial charge in [0.2, 0.25) is 0 Å². The summed E-state index contributed by atoms with van der Waals surface area (Å²) in [4.78, 5) is 10.5. The van der Waals surface area contributed by atoms with Crippen molar-refractivity contribution in [1.82, 2.24) is 5.32 Å². The number of hydrogen-bond acceptors (Lipinski definition) is 2. The summed E-state index contributed by atoms with van der Waals surface area (Å²) in [5, 5.41) is 2.96. The van der Waals surface area contributed by atoms with E-state index in [-0.39, 0.29) is 11.3 Å². The molecule has 0 aromatic heterocycles. The van der Waals surface area contributed by atoms with Gasteiger partial charge in [-0.15, -0.1) is 11.6 Å². The SMILES string of the molecule is O=C1CCNC(Cl)C1. The summed E-state index contributed by atoms with van der Waals surface area (Å²) >= 11 is 5.58. The van der Waals surface area contributed by atoms with Crippen molar-refractivity contribution in [3.63, 3.8) is 0 Å². The van der Waals surface area contributed by atoms with Crippen molar-refractivity contribution < 1.29 is 4.79 Å². The molecule has 1 unspecified atom stereocenters. The van der Waals surface area contributed by atoms with E-state index >= 15 is 0 Å². The van der Waals surface area contributed by atoms with Gasteiger partial charge in [-0.1, -0.05) is 0 Å². The molecule has 1 aliphatic heterocycles. The maximum atomic E-state index is 10.5. The molecule has 1 N–H and O–H groups in total. The molecular weight excluding hydrogens is 126 g/mol. The number of hydrogen-bond donors (Lipinski definition) is 1. The molecule has 0 aliphatic carbocycles. The van der Waals surface area contributed by atoms with Crippen LogP contribution in [-0.2, 0) is 4.79 Å². The third kappa shape index (κ3) is 1.46. The molecule has 0 amide bonds. The van der Waals surface area contributed by atoms with Crippen LogP contribution in [0.15, 0.2) is 0 Å². The molecule has 0 aromatic carbocycles. The van der Waals surface area contributed by atoms with Gasteiger partial charge in [0.15, 0.2) is 0 Å². The first kappa shape index (κ1) is 6.05. The molecule has 3 heteroatoms. The number of nitrogens with one attached hydrogen (secondary N) is 1. The highest BCUT2D eigenvalue weighted by Crippen LogP contribution is 2.05. The number of ketones is 1. The molecule has 0 bridgehead atoms. The van der Waals surface area contributed by atoms with Crippen LogP contribution in [0, 0.1) is 0 Å². The molecule has 2 nitrogen and oxygen atoms in total. The molecule has 1 heterocycles. The molecule has 0 aromatic rings. The average molecular weight is 134 g/mol. The van der Waals surface area contributed by atoms with Crippen molar-refractivity contribution in [3.8, 4) is 0 Å². The molecule has 8 heavy (non-hydrogen) atoms. The Labute approximate surface area is 53.2 Å². The van der Waals surface area contributed by atoms with Crippen LogP contribution in [-0.4, -0.2) is 17.8 Å². The minimum Gasteiger partial charge on any atom is -0.301 e. The van der Waals surface area contributed by atoms with Crippen LogP contribution in [0.5, 0.6) is 0 Å². The Bertz CT molecular complexity index is 105. The van der Waals surface area contributed by atoms with E-state index in [4.69, 9.17) is 11.6 Å². The molecule has 1 atom stereocenters. The van der Waals surface area contributed by atoms with E-state index in [1.165, 1.54) is 0 Å². The highest BCUT2D eigenvalue weighted by Gasteiger charge is 2.14. The number of halogens is 1. The summed E-state index contributed by atoms with van der Waals surface area (Å²) in [6, 6.07) is 0. The van der Waals surface area contributed by atoms with E-state index in [0.717, 1.165) is 6.54 Å². The van der Waals surface area contributed by atoms with Gasteiger partial charge in [-0.3, -0.25) is 4.79 Å². The first-order valence-corrected chi connectivity index (χ1v) is 3.12. The standard InChI is InChI=1S/C5H8ClNO/c6-5-3-4(8)1-2-7-5/h5,7H,1-3H2. The van der Waals surface area contributed by atoms with E-state index in [0.29, 0.717) is 12.8 Å². The second kappa shape index (κ2) is 2.46. The van der Waals surface area contributed by atoms with Gasteiger partial charge in [0.25, 0.3) is 0 Å². The van der Waals surface area contributed by atoms with Gasteiger partial charge in [0.1, 0.15) is 5.78 Å². The second-order valence-electron chi connectivity index (χ2n) is 1.91. The fraction of sp³-hybridized carbons (Fsp3) is 0.800. The Morgan fingerprint density at radius 2 is 2.50 bits per heavy atom. The molecule has 0 spiro atoms. The lowest BCUT2D eigenvalue weighted by molar-refractivity contribution is -0.120. The van der Waals surface area contributed by atoms with Gasteiger partial charge in [0.05, 0.1) is 5.50 Å². The summed E-state index contributed by atoms with van der Waals surface area (Å²) in [6.07, 6.45) is 1.13. The van der Waals surface area contributed by atoms with Crippen LogP contribution in [0.1, 0.15) is 12.8 Å². The van der Waals surface area contributed by atoms with Crippen molar-refractivity contribution in [3.05, 3.63) is 0 Å². The van der Waals surface area contributed by atoms with Gasteiger partial charge in [-0.25, -0.2) is 0 Å². The second-order valence-corrected chi connectivity index (χ2v) is 2.44. The van der Waals surface area contributed by atoms with Gasteiger partial charge in [-0.2, -0.15) is 0 Å². The van der Waals surface area contributed by atoms with Crippen LogP contribution < -0.4 is 5.32 Å². The summed E-state index contributed by atoms with van der Waals surface area (Å²) in [5.41, 5.74) is -0.115. The molecule has 1 fully saturated rings. The highest BCUT2D eigenvalue weighted by atomic mass is 35.5. The number of rotatable bonds is 0. The Hall–Kier alpha value is -0.0800. The van der Waals surface area contributed by atoms with Crippen LogP contribution in [0.3, 0.4) is 0 Å². The minimum atomic E-state index is -0.115. The number of alkyl halides is 1. The zero-order chi connectivity index (χ0) is 5.98. The molecule has 1 rings (SSSR count). The number of piperidine rings is 1. The molecule has 0 radical (unpaired) electrons. The van der Waals surface area contributed by atoms with E-state index in [1.54, 1.807) is 0 Å². The van der Waals surface area contributed by atoms with Crippen molar-refractivity contribution in [1.29, 1.82) is 0 Å². The maximum absolute atomic E-state index is 10.5. The van der Waals surface area contributed by atoms with Gasteiger partial charge < -0.3 is 5.32 Å². The molecular formula is C5H8ClNO. The summed E-state index contributed by atoms with van der Waals surface area (Å²) in [7, 11) is 0. The Morgan fingerprint density at radius 1 is 1.75 bits per heavy atom. The van der Waals surface area contributed by atoms with Crippen molar-refractivity contribution >= 4 is 17.4 Å². The normalized spacial score (nSPS) is 30.6. The van der Waals surface area contributed by atoms with Crippen LogP contribution >= 0.6 is 11.6 Å². The van der Waals surface area contributed by atoms with E-state index < -0.39 is 0 Å². The third-order valence-electron chi connectivity index (χ3n) is 1.18. The first-order valence-electron chi connectivity index (χ1n) is 2.68. The first-order chi connectivity index (χ1) is 3.79. The van der Waals surface area contributed by atoms with E-state index in [2.05, 4.69) is 5.32 Å². The zero-order valence-corrected chi connectivity index (χ0v) is 5.24. The maximum Gasteiger partial charge on any atom is 0.136 e. The summed E-state index contributed by atoms with van der Waals surface area (Å²) < 4.78 is 0. The van der Waals surface area contributed by atoms with Crippen molar-refractivity contribution in [2.75, 3.05) is 6.54 Å². The third-order valence-corrected chi connectivity index (χ3v) is 1.49. The lowest BCUT2D eigenvalue weighted by Crippen LogP contribution is -2.34. The smallest absolute Gasteiger partial charge is 0.136 e. The summed E-state index contributed by atoms with van der Waals surface area (Å²) in [6.45, 7) is 0.743. The van der Waals surface area contributed by atoms with Crippen LogP contribution in [0.25, 0.3) is 0 Å². The van der Waals surface area contributed by atoms with Crippen molar-refractivity contribution in [2.24, 2.45) is 0 Å². The zero-order valence-electron chi connectivity index (χ0n) is 4.48. The van der Waals surface area contributed by atoms with Crippen LogP contribution in [0.2, 0.25) is 0 Å². The molecule has 46 valence electrons. The monoisotopic (exact) mass is 133 g/mol. The molecule has 1 saturated heterocycles. The highest BCUT2D eigenvalue weighted by molar-refractivity contribution is 6.21. The summed E-state index contributed by atoms with van der Waals surface area (Å²) in [5.74, 6) is 0.267. The van der Waals surface area contributed by atoms with Crippen molar-refractivity contribution in [2.45, 2.75) is 18.3 Å². The average Bonchev–Trinajstić information content (AvgIpc) is 1.64. The Kier molecular flexibility index (Phi) is 1.86. The minimum absolute atomic E-state index is 0.115. The predicted octanol–water partition coefficient (Wildman–Crippen LogP) is 0.504. The van der Waals surface area contributed by atoms with Gasteiger partial charge in [0, 0.05) is 19.4 Å². The molecule has 0 saturated carbocycles. The van der Waals surface area contributed by atoms with Gasteiger partial charge in [-0.05, 0) is 0 Å². The largest absolute Gasteiger partial charge is 0.301 e. The fourth-order valence-corrected chi connectivity index (χ4v) is 1.02. The van der Waals surface area contributed by atoms with Gasteiger partial charge >= 0.3 is 0 Å². The van der Waals surface area contributed by atoms with E-state index in [1.807, 2.05) is 0 Å². The quantitative estimate of drug-likeness (QED) is 0.385. The fourth-order valence-electron chi connectivity index (χ4n) is 0.742. The lowest BCUT2D eigenvalue weighted by Gasteiger charge is -2.15. The van der Waals surface area contributed by atoms with E-state index in [9.17, 15) is 4.79 Å². The predicted molar refractivity (Wildman–Crippen MR) is 31.9 cm³/mol. The Balaban J connectivity index is 2.34. The molecule has 1 aliphatic rings. The topological polar surface area (TPSA) is 29.1 Å². The number of carbonyl (C=O) groups excluding carboxylic acids is 1. The lowest BCUT2D eigenvalue weighted by atomic mass is 10.1. The number of Topliss-reactive ketones (excluding diaryl/α,β-unsaturated/α-hetero) is 1.